The number of piperazine rings is 1. The number of nitrogens with zero attached hydrogens (tertiary/aromatic N) is 3. The molecule has 0 saturated carbocycles. The Balaban J connectivity index is 1.79. The molecule has 0 amide bonds. The topological polar surface area (TPSA) is 95.8 Å². The van der Waals surface area contributed by atoms with Gasteiger partial charge in [-0.05, 0) is 37.0 Å². The van der Waals surface area contributed by atoms with Crippen LogP contribution in [0.15, 0.2) is 46.7 Å². The predicted molar refractivity (Wildman–Crippen MR) is 114 cm³/mol. The van der Waals surface area contributed by atoms with Gasteiger partial charge in [0.2, 0.25) is 10.0 Å². The molecular weight excluding hydrogens is 412 g/mol. The van der Waals surface area contributed by atoms with Crippen molar-refractivity contribution < 1.29 is 13.3 Å². The molecule has 1 aromatic carbocycles. The van der Waals surface area contributed by atoms with Gasteiger partial charge in [0.25, 0.3) is 5.69 Å². The Bertz CT molecular complexity index is 908. The van der Waals surface area contributed by atoms with Gasteiger partial charge in [0.15, 0.2) is 0 Å². The van der Waals surface area contributed by atoms with E-state index in [2.05, 4.69) is 21.4 Å². The SMILES string of the molecule is CCN1CCN([C@H](c2cccs2)[C@H](C)NS(=O)(=O)c2ccc([N+](=O)[O-])cc2)CC1. The van der Waals surface area contributed by atoms with Crippen molar-refractivity contribution >= 4 is 27.0 Å². The number of sulfonamides is 1. The van der Waals surface area contributed by atoms with Crippen LogP contribution in [0.5, 0.6) is 0 Å². The van der Waals surface area contributed by atoms with Crippen LogP contribution < -0.4 is 4.72 Å². The second-order valence-corrected chi connectivity index (χ2v) is 9.78. The lowest BCUT2D eigenvalue weighted by Crippen LogP contribution is -2.52. The molecule has 1 N–H and O–H groups in total. The van der Waals surface area contributed by atoms with Gasteiger partial charge in [-0.2, -0.15) is 0 Å². The lowest BCUT2D eigenvalue weighted by Gasteiger charge is -2.41. The van der Waals surface area contributed by atoms with Crippen LogP contribution in [0.1, 0.15) is 24.8 Å². The Labute approximate surface area is 175 Å². The zero-order valence-electron chi connectivity index (χ0n) is 16.5. The third-order valence-electron chi connectivity index (χ3n) is 5.25. The van der Waals surface area contributed by atoms with E-state index in [0.29, 0.717) is 0 Å². The molecule has 10 heteroatoms. The van der Waals surface area contributed by atoms with Crippen molar-refractivity contribution in [2.45, 2.75) is 30.8 Å². The second kappa shape index (κ2) is 9.31. The number of rotatable bonds is 8. The smallest absolute Gasteiger partial charge is 0.269 e. The molecule has 0 spiro atoms. The van der Waals surface area contributed by atoms with Gasteiger partial charge in [0, 0.05) is 49.2 Å². The molecule has 1 aliphatic rings. The van der Waals surface area contributed by atoms with Crippen molar-refractivity contribution in [2.75, 3.05) is 32.7 Å². The number of nitro benzene ring substituents is 1. The predicted octanol–water partition coefficient (Wildman–Crippen LogP) is 2.70. The largest absolute Gasteiger partial charge is 0.301 e. The maximum absolute atomic E-state index is 12.9. The first-order valence-electron chi connectivity index (χ1n) is 9.58. The van der Waals surface area contributed by atoms with Gasteiger partial charge < -0.3 is 4.90 Å². The number of nitrogens with one attached hydrogen (secondary N) is 1. The Kier molecular flexibility index (Phi) is 7.01. The number of likely N-dealkylation sites (N-methyl/N-ethyl adjacent to an activating group) is 1. The number of hydrogen-bond acceptors (Lipinski definition) is 7. The third-order valence-corrected chi connectivity index (χ3v) is 7.77. The highest BCUT2D eigenvalue weighted by atomic mass is 32.2. The molecule has 8 nitrogen and oxygen atoms in total. The average Bonchev–Trinajstić information content (AvgIpc) is 3.22. The first-order chi connectivity index (χ1) is 13.8. The molecule has 0 unspecified atom stereocenters. The van der Waals surface area contributed by atoms with Gasteiger partial charge in [-0.25, -0.2) is 13.1 Å². The van der Waals surface area contributed by atoms with Crippen molar-refractivity contribution in [2.24, 2.45) is 0 Å². The van der Waals surface area contributed by atoms with Gasteiger partial charge in [0.05, 0.1) is 15.9 Å². The summed E-state index contributed by atoms with van der Waals surface area (Å²) in [4.78, 5) is 16.1. The Hall–Kier alpha value is -1.85. The normalized spacial score (nSPS) is 18.4. The monoisotopic (exact) mass is 438 g/mol. The molecular formula is C19H26N4O4S2. The maximum Gasteiger partial charge on any atom is 0.269 e. The molecule has 158 valence electrons. The zero-order chi connectivity index (χ0) is 21.0. The highest BCUT2D eigenvalue weighted by Gasteiger charge is 2.32. The fraction of sp³-hybridized carbons (Fsp3) is 0.474. The third kappa shape index (κ3) is 5.20. The summed E-state index contributed by atoms with van der Waals surface area (Å²) in [7, 11) is -3.80. The molecule has 2 atom stereocenters. The van der Waals surface area contributed by atoms with Crippen molar-refractivity contribution in [3.8, 4) is 0 Å². The first kappa shape index (κ1) is 21.8. The van der Waals surface area contributed by atoms with Crippen LogP contribution in [0, 0.1) is 10.1 Å². The maximum atomic E-state index is 12.9. The minimum Gasteiger partial charge on any atom is -0.301 e. The zero-order valence-corrected chi connectivity index (χ0v) is 18.2. The summed E-state index contributed by atoms with van der Waals surface area (Å²) in [5, 5.41) is 12.8. The van der Waals surface area contributed by atoms with Gasteiger partial charge in [0.1, 0.15) is 0 Å². The fourth-order valence-electron chi connectivity index (χ4n) is 3.68. The van der Waals surface area contributed by atoms with Crippen LogP contribution >= 0.6 is 11.3 Å². The summed E-state index contributed by atoms with van der Waals surface area (Å²) < 4.78 is 28.5. The number of thiophene rings is 1. The van der Waals surface area contributed by atoms with Crippen molar-refractivity contribution in [3.05, 3.63) is 56.8 Å². The minimum atomic E-state index is -3.80. The Morgan fingerprint density at radius 3 is 2.34 bits per heavy atom. The molecule has 3 rings (SSSR count). The lowest BCUT2D eigenvalue weighted by atomic mass is 10.1. The average molecular weight is 439 g/mol. The summed E-state index contributed by atoms with van der Waals surface area (Å²) in [6.45, 7) is 8.70. The number of hydrogen-bond donors (Lipinski definition) is 1. The second-order valence-electron chi connectivity index (χ2n) is 7.09. The molecule has 0 aliphatic carbocycles. The van der Waals surface area contributed by atoms with Gasteiger partial charge >= 0.3 is 0 Å². The van der Waals surface area contributed by atoms with Crippen molar-refractivity contribution in [3.63, 3.8) is 0 Å². The van der Waals surface area contributed by atoms with E-state index in [9.17, 15) is 18.5 Å². The first-order valence-corrected chi connectivity index (χ1v) is 11.9. The Morgan fingerprint density at radius 2 is 1.83 bits per heavy atom. The number of nitro groups is 1. The van der Waals surface area contributed by atoms with Crippen molar-refractivity contribution in [1.29, 1.82) is 0 Å². The van der Waals surface area contributed by atoms with Crippen LogP contribution in [0.25, 0.3) is 0 Å². The van der Waals surface area contributed by atoms with Crippen molar-refractivity contribution in [1.82, 2.24) is 14.5 Å². The molecule has 1 fully saturated rings. The molecule has 29 heavy (non-hydrogen) atoms. The molecule has 1 saturated heterocycles. The van der Waals surface area contributed by atoms with Gasteiger partial charge in [-0.3, -0.25) is 15.0 Å². The van der Waals surface area contributed by atoms with Crippen LogP contribution in [0.3, 0.4) is 0 Å². The van der Waals surface area contributed by atoms with E-state index in [4.69, 9.17) is 0 Å². The quantitative estimate of drug-likeness (QED) is 0.503. The molecule has 1 aromatic heterocycles. The summed E-state index contributed by atoms with van der Waals surface area (Å²) in [5.74, 6) is 0. The van der Waals surface area contributed by atoms with Crippen LogP contribution in [-0.2, 0) is 10.0 Å². The number of non-ortho nitro benzene ring substituents is 1. The summed E-state index contributed by atoms with van der Waals surface area (Å²) in [5.41, 5.74) is -0.137. The van der Waals surface area contributed by atoms with E-state index in [-0.39, 0.29) is 22.7 Å². The standard InChI is InChI=1S/C19H26N4O4S2/c1-3-21-10-12-22(13-11-21)19(18-5-4-14-28-18)15(2)20-29(26,27)17-8-6-16(7-9-17)23(24)25/h4-9,14-15,19-20H,3,10-13H2,1-2H3/t15-,19-/m0/s1. The molecule has 2 heterocycles. The molecule has 0 radical (unpaired) electrons. The van der Waals surface area contributed by atoms with E-state index >= 15 is 0 Å². The fourth-order valence-corrected chi connectivity index (χ4v) is 5.90. The van der Waals surface area contributed by atoms with Crippen LogP contribution in [-0.4, -0.2) is 61.9 Å². The highest BCUT2D eigenvalue weighted by molar-refractivity contribution is 7.89. The van der Waals surface area contributed by atoms with E-state index < -0.39 is 14.9 Å². The molecule has 2 aromatic rings. The highest BCUT2D eigenvalue weighted by Crippen LogP contribution is 2.30. The molecule has 0 bridgehead atoms. The Morgan fingerprint density at radius 1 is 1.17 bits per heavy atom. The van der Waals surface area contributed by atoms with E-state index in [1.54, 1.807) is 11.3 Å². The van der Waals surface area contributed by atoms with Crippen LogP contribution in [0.4, 0.5) is 5.69 Å². The summed E-state index contributed by atoms with van der Waals surface area (Å²) in [6.07, 6.45) is 0. The lowest BCUT2D eigenvalue weighted by molar-refractivity contribution is -0.384. The molecule has 1 aliphatic heterocycles. The van der Waals surface area contributed by atoms with Gasteiger partial charge in [-0.15, -0.1) is 11.3 Å². The van der Waals surface area contributed by atoms with E-state index in [1.165, 1.54) is 24.3 Å². The minimum absolute atomic E-state index is 0.0238. The van der Waals surface area contributed by atoms with E-state index in [1.807, 2.05) is 24.4 Å². The summed E-state index contributed by atoms with van der Waals surface area (Å²) >= 11 is 1.62. The van der Waals surface area contributed by atoms with E-state index in [0.717, 1.165) is 37.6 Å². The number of benzene rings is 1. The van der Waals surface area contributed by atoms with Gasteiger partial charge in [-0.1, -0.05) is 13.0 Å². The van der Waals surface area contributed by atoms with Crippen LogP contribution in [0.2, 0.25) is 0 Å². The summed E-state index contributed by atoms with van der Waals surface area (Å²) in [6, 6.07) is 8.55.